The molecule has 0 aliphatic carbocycles. The summed E-state index contributed by atoms with van der Waals surface area (Å²) in [6, 6.07) is -0.206. The van der Waals surface area contributed by atoms with E-state index in [0.717, 1.165) is 19.6 Å². The molecule has 0 saturated carbocycles. The van der Waals surface area contributed by atoms with E-state index in [0.29, 0.717) is 12.3 Å². The molecular formula is C10H20N2O2. The van der Waals surface area contributed by atoms with Crippen molar-refractivity contribution >= 4 is 5.91 Å². The van der Waals surface area contributed by atoms with Crippen molar-refractivity contribution in [3.05, 3.63) is 0 Å². The van der Waals surface area contributed by atoms with E-state index in [1.807, 2.05) is 13.8 Å². The summed E-state index contributed by atoms with van der Waals surface area (Å²) >= 11 is 0. The summed E-state index contributed by atoms with van der Waals surface area (Å²) in [5, 5.41) is 2.93. The van der Waals surface area contributed by atoms with E-state index in [1.165, 1.54) is 0 Å². The largest absolute Gasteiger partial charge is 0.381 e. The zero-order chi connectivity index (χ0) is 10.6. The molecule has 1 aliphatic rings. The summed E-state index contributed by atoms with van der Waals surface area (Å²) < 4.78 is 5.26. The van der Waals surface area contributed by atoms with E-state index in [4.69, 9.17) is 10.5 Å². The van der Waals surface area contributed by atoms with Crippen molar-refractivity contribution in [3.63, 3.8) is 0 Å². The Kier molecular flexibility index (Phi) is 4.35. The van der Waals surface area contributed by atoms with Crippen LogP contribution in [0.15, 0.2) is 0 Å². The van der Waals surface area contributed by atoms with Crippen LogP contribution in [0.25, 0.3) is 0 Å². The first-order chi connectivity index (χ1) is 6.65. The fourth-order valence-electron chi connectivity index (χ4n) is 1.58. The first kappa shape index (κ1) is 11.5. The molecule has 0 bridgehead atoms. The molecule has 14 heavy (non-hydrogen) atoms. The van der Waals surface area contributed by atoms with Gasteiger partial charge in [0.15, 0.2) is 0 Å². The molecule has 0 aromatic carbocycles. The Morgan fingerprint density at radius 2 is 2.43 bits per heavy atom. The van der Waals surface area contributed by atoms with E-state index < -0.39 is 0 Å². The molecule has 3 N–H and O–H groups in total. The van der Waals surface area contributed by atoms with Crippen LogP contribution in [-0.2, 0) is 9.53 Å². The van der Waals surface area contributed by atoms with Gasteiger partial charge in [0.25, 0.3) is 0 Å². The van der Waals surface area contributed by atoms with Crippen LogP contribution < -0.4 is 11.1 Å². The molecular weight excluding hydrogens is 180 g/mol. The third-order valence-corrected chi connectivity index (χ3v) is 2.82. The second-order valence-electron chi connectivity index (χ2n) is 3.94. The predicted molar refractivity (Wildman–Crippen MR) is 54.8 cm³/mol. The van der Waals surface area contributed by atoms with Crippen LogP contribution in [0.1, 0.15) is 26.7 Å². The normalized spacial score (nSPS) is 25.8. The highest BCUT2D eigenvalue weighted by atomic mass is 16.5. The van der Waals surface area contributed by atoms with Gasteiger partial charge in [-0.05, 0) is 19.8 Å². The lowest BCUT2D eigenvalue weighted by atomic mass is 10.0. The van der Waals surface area contributed by atoms with Crippen LogP contribution in [0.3, 0.4) is 0 Å². The minimum Gasteiger partial charge on any atom is -0.381 e. The van der Waals surface area contributed by atoms with Gasteiger partial charge >= 0.3 is 0 Å². The highest BCUT2D eigenvalue weighted by Crippen LogP contribution is 2.16. The van der Waals surface area contributed by atoms with Crippen molar-refractivity contribution in [2.45, 2.75) is 38.8 Å². The minimum atomic E-state index is -0.375. The number of rotatable bonds is 4. The maximum atomic E-state index is 11.5. The fourth-order valence-corrected chi connectivity index (χ4v) is 1.58. The predicted octanol–water partition coefficient (Wildman–Crippen LogP) is 0.265. The average molecular weight is 200 g/mol. The topological polar surface area (TPSA) is 64.4 Å². The highest BCUT2D eigenvalue weighted by Gasteiger charge is 2.24. The molecule has 4 heteroatoms. The van der Waals surface area contributed by atoms with E-state index in [-0.39, 0.29) is 18.0 Å². The zero-order valence-corrected chi connectivity index (χ0v) is 8.95. The Bertz CT molecular complexity index is 191. The van der Waals surface area contributed by atoms with Crippen LogP contribution in [0.2, 0.25) is 0 Å². The van der Waals surface area contributed by atoms with Crippen molar-refractivity contribution in [3.8, 4) is 0 Å². The first-order valence-electron chi connectivity index (χ1n) is 5.28. The molecule has 1 rings (SSSR count). The van der Waals surface area contributed by atoms with E-state index in [9.17, 15) is 4.79 Å². The van der Waals surface area contributed by atoms with Crippen molar-refractivity contribution in [2.24, 2.45) is 11.7 Å². The molecule has 0 aromatic rings. The Hall–Kier alpha value is -0.610. The molecule has 1 saturated heterocycles. The van der Waals surface area contributed by atoms with Gasteiger partial charge in [-0.2, -0.15) is 0 Å². The standard InChI is InChI=1S/C10H20N2O2/c1-3-9(11)10(13)12-7(2)8-4-5-14-6-8/h7-9H,3-6,11H2,1-2H3,(H,12,13)/t7?,8?,9-/m1/s1. The number of hydrogen-bond acceptors (Lipinski definition) is 3. The summed E-state index contributed by atoms with van der Waals surface area (Å²) in [7, 11) is 0. The molecule has 1 heterocycles. The van der Waals surface area contributed by atoms with Crippen LogP contribution >= 0.6 is 0 Å². The lowest BCUT2D eigenvalue weighted by Crippen LogP contribution is -2.46. The molecule has 0 aromatic heterocycles. The maximum Gasteiger partial charge on any atom is 0.237 e. The van der Waals surface area contributed by atoms with Gasteiger partial charge in [0.2, 0.25) is 5.91 Å². The number of hydrogen-bond donors (Lipinski definition) is 2. The van der Waals surface area contributed by atoms with Gasteiger partial charge in [0, 0.05) is 18.6 Å². The number of carbonyl (C=O) groups excluding carboxylic acids is 1. The number of carbonyl (C=O) groups is 1. The van der Waals surface area contributed by atoms with Crippen molar-refractivity contribution in [1.82, 2.24) is 5.32 Å². The second kappa shape index (κ2) is 5.32. The van der Waals surface area contributed by atoms with E-state index in [2.05, 4.69) is 5.32 Å². The summed E-state index contributed by atoms with van der Waals surface area (Å²) in [6.45, 7) is 5.49. The Morgan fingerprint density at radius 3 is 2.93 bits per heavy atom. The second-order valence-corrected chi connectivity index (χ2v) is 3.94. The van der Waals surface area contributed by atoms with Crippen molar-refractivity contribution < 1.29 is 9.53 Å². The SMILES string of the molecule is CC[C@@H](N)C(=O)NC(C)C1CCOC1. The third-order valence-electron chi connectivity index (χ3n) is 2.82. The molecule has 3 atom stereocenters. The minimum absolute atomic E-state index is 0.0492. The number of ether oxygens (including phenoxy) is 1. The maximum absolute atomic E-state index is 11.5. The molecule has 0 radical (unpaired) electrons. The molecule has 1 amide bonds. The van der Waals surface area contributed by atoms with Gasteiger partial charge in [-0.15, -0.1) is 0 Å². The summed E-state index contributed by atoms with van der Waals surface area (Å²) in [4.78, 5) is 11.5. The van der Waals surface area contributed by atoms with Gasteiger partial charge in [-0.1, -0.05) is 6.92 Å². The van der Waals surface area contributed by atoms with Crippen molar-refractivity contribution in [2.75, 3.05) is 13.2 Å². The third kappa shape index (κ3) is 2.96. The van der Waals surface area contributed by atoms with Gasteiger partial charge in [-0.25, -0.2) is 0 Å². The molecule has 1 aliphatic heterocycles. The van der Waals surface area contributed by atoms with Gasteiger partial charge in [-0.3, -0.25) is 4.79 Å². The number of amides is 1. The van der Waals surface area contributed by atoms with Crippen LogP contribution in [0.5, 0.6) is 0 Å². The van der Waals surface area contributed by atoms with Gasteiger partial charge in [0.05, 0.1) is 12.6 Å². The quantitative estimate of drug-likeness (QED) is 0.684. The molecule has 0 spiro atoms. The Balaban J connectivity index is 2.31. The lowest BCUT2D eigenvalue weighted by molar-refractivity contribution is -0.123. The van der Waals surface area contributed by atoms with Gasteiger partial charge in [0.1, 0.15) is 0 Å². The van der Waals surface area contributed by atoms with E-state index in [1.54, 1.807) is 0 Å². The van der Waals surface area contributed by atoms with Gasteiger partial charge < -0.3 is 15.8 Å². The first-order valence-corrected chi connectivity index (χ1v) is 5.28. The Morgan fingerprint density at radius 1 is 1.71 bits per heavy atom. The number of nitrogens with two attached hydrogens (primary N) is 1. The van der Waals surface area contributed by atoms with Crippen LogP contribution in [0, 0.1) is 5.92 Å². The Labute approximate surface area is 85.2 Å². The smallest absolute Gasteiger partial charge is 0.237 e. The summed E-state index contributed by atoms with van der Waals surface area (Å²) in [5.41, 5.74) is 5.62. The molecule has 2 unspecified atom stereocenters. The van der Waals surface area contributed by atoms with Crippen LogP contribution in [0.4, 0.5) is 0 Å². The highest BCUT2D eigenvalue weighted by molar-refractivity contribution is 5.81. The zero-order valence-electron chi connectivity index (χ0n) is 8.95. The summed E-state index contributed by atoms with van der Waals surface area (Å²) in [5.74, 6) is 0.398. The fraction of sp³-hybridized carbons (Fsp3) is 0.900. The molecule has 4 nitrogen and oxygen atoms in total. The monoisotopic (exact) mass is 200 g/mol. The lowest BCUT2D eigenvalue weighted by Gasteiger charge is -2.21. The molecule has 1 fully saturated rings. The van der Waals surface area contributed by atoms with Crippen LogP contribution in [-0.4, -0.2) is 31.2 Å². The molecule has 82 valence electrons. The average Bonchev–Trinajstić information content (AvgIpc) is 2.69. The summed E-state index contributed by atoms with van der Waals surface area (Å²) in [6.07, 6.45) is 1.71. The van der Waals surface area contributed by atoms with Crippen molar-refractivity contribution in [1.29, 1.82) is 0 Å². The van der Waals surface area contributed by atoms with E-state index >= 15 is 0 Å². The number of nitrogens with one attached hydrogen (secondary N) is 1.